The number of alkyl halides is 1. The lowest BCUT2D eigenvalue weighted by Crippen LogP contribution is -2.01. The number of hydrogen-bond acceptors (Lipinski definition) is 3. The Labute approximate surface area is 90.5 Å². The van der Waals surface area contributed by atoms with Crippen molar-refractivity contribution < 1.29 is 14.3 Å². The number of ketones is 1. The molecule has 5 heteroatoms. The van der Waals surface area contributed by atoms with Crippen LogP contribution in [0.5, 0.6) is 11.5 Å². The summed E-state index contributed by atoms with van der Waals surface area (Å²) in [4.78, 5) is 11.3. The first-order chi connectivity index (χ1) is 6.72. The van der Waals surface area contributed by atoms with Crippen molar-refractivity contribution in [2.24, 2.45) is 0 Å². The minimum atomic E-state index is -0.227. The van der Waals surface area contributed by atoms with E-state index in [4.69, 9.17) is 32.7 Å². The van der Waals surface area contributed by atoms with Gasteiger partial charge in [0.05, 0.1) is 10.9 Å². The maximum atomic E-state index is 11.3. The van der Waals surface area contributed by atoms with E-state index in [0.717, 1.165) is 0 Å². The second-order valence-electron chi connectivity index (χ2n) is 2.74. The third-order valence-corrected chi connectivity index (χ3v) is 2.44. The van der Waals surface area contributed by atoms with Crippen molar-refractivity contribution >= 4 is 29.0 Å². The Balaban J connectivity index is 2.47. The third-order valence-electron chi connectivity index (χ3n) is 1.88. The van der Waals surface area contributed by atoms with Crippen LogP contribution in [-0.4, -0.2) is 18.5 Å². The van der Waals surface area contributed by atoms with Crippen molar-refractivity contribution in [1.82, 2.24) is 0 Å². The molecule has 1 aliphatic rings. The highest BCUT2D eigenvalue weighted by Gasteiger charge is 2.19. The van der Waals surface area contributed by atoms with Gasteiger partial charge in [-0.25, -0.2) is 0 Å². The summed E-state index contributed by atoms with van der Waals surface area (Å²) in [7, 11) is 0. The molecular weight excluding hydrogens is 227 g/mol. The smallest absolute Gasteiger partial charge is 0.231 e. The zero-order valence-corrected chi connectivity index (χ0v) is 8.56. The third kappa shape index (κ3) is 1.53. The van der Waals surface area contributed by atoms with Crippen molar-refractivity contribution in [3.8, 4) is 11.5 Å². The van der Waals surface area contributed by atoms with Gasteiger partial charge >= 0.3 is 0 Å². The van der Waals surface area contributed by atoms with E-state index in [1.807, 2.05) is 0 Å². The second-order valence-corrected chi connectivity index (χ2v) is 3.42. The van der Waals surface area contributed by atoms with Crippen LogP contribution >= 0.6 is 23.2 Å². The van der Waals surface area contributed by atoms with Gasteiger partial charge in [0.2, 0.25) is 6.79 Å². The van der Waals surface area contributed by atoms with E-state index < -0.39 is 0 Å². The number of rotatable bonds is 2. The maximum absolute atomic E-state index is 11.3. The molecule has 3 nitrogen and oxygen atoms in total. The van der Waals surface area contributed by atoms with Crippen molar-refractivity contribution in [1.29, 1.82) is 0 Å². The van der Waals surface area contributed by atoms with Crippen molar-refractivity contribution in [3.63, 3.8) is 0 Å². The number of halogens is 2. The molecule has 0 aliphatic carbocycles. The standard InChI is InChI=1S/C9H6Cl2O3/c10-3-7(12)5-1-8-9(2-6(5)11)14-4-13-8/h1-2H,3-4H2. The molecule has 0 fully saturated rings. The van der Waals surface area contributed by atoms with Crippen molar-refractivity contribution in [2.75, 3.05) is 12.7 Å². The molecule has 0 radical (unpaired) electrons. The average Bonchev–Trinajstić information content (AvgIpc) is 2.62. The van der Waals surface area contributed by atoms with Gasteiger partial charge in [-0.15, -0.1) is 11.6 Å². The van der Waals surface area contributed by atoms with Gasteiger partial charge < -0.3 is 9.47 Å². The van der Waals surface area contributed by atoms with Gasteiger partial charge in [0, 0.05) is 11.6 Å². The number of ether oxygens (including phenoxy) is 2. The fourth-order valence-electron chi connectivity index (χ4n) is 1.20. The summed E-state index contributed by atoms with van der Waals surface area (Å²) < 4.78 is 10.2. The number of benzene rings is 1. The SMILES string of the molecule is O=C(CCl)c1cc2c(cc1Cl)OCO2. The first-order valence-electron chi connectivity index (χ1n) is 3.90. The van der Waals surface area contributed by atoms with E-state index >= 15 is 0 Å². The highest BCUT2D eigenvalue weighted by Crippen LogP contribution is 2.36. The predicted octanol–water partition coefficient (Wildman–Crippen LogP) is 2.49. The molecule has 0 saturated heterocycles. The van der Waals surface area contributed by atoms with E-state index in [9.17, 15) is 4.79 Å². The Morgan fingerprint density at radius 2 is 2.00 bits per heavy atom. The molecule has 1 aliphatic heterocycles. The highest BCUT2D eigenvalue weighted by atomic mass is 35.5. The molecule has 14 heavy (non-hydrogen) atoms. The van der Waals surface area contributed by atoms with Gasteiger partial charge in [0.1, 0.15) is 0 Å². The first kappa shape index (κ1) is 9.62. The Bertz CT molecular complexity index is 390. The second kappa shape index (κ2) is 3.67. The number of fused-ring (bicyclic) bond motifs is 1. The summed E-state index contributed by atoms with van der Waals surface area (Å²) in [6.45, 7) is 0.157. The average molecular weight is 233 g/mol. The Morgan fingerprint density at radius 3 is 2.64 bits per heavy atom. The van der Waals surface area contributed by atoms with Crippen molar-refractivity contribution in [3.05, 3.63) is 22.7 Å². The molecule has 0 spiro atoms. The van der Waals surface area contributed by atoms with Crippen LogP contribution in [0.3, 0.4) is 0 Å². The topological polar surface area (TPSA) is 35.5 Å². The summed E-state index contributed by atoms with van der Waals surface area (Å²) in [5.74, 6) is 0.762. The fourth-order valence-corrected chi connectivity index (χ4v) is 1.61. The Kier molecular flexibility index (Phi) is 2.52. The lowest BCUT2D eigenvalue weighted by Gasteiger charge is -2.02. The van der Waals surface area contributed by atoms with Crippen LogP contribution in [0.1, 0.15) is 10.4 Å². The molecule has 0 amide bonds. The lowest BCUT2D eigenvalue weighted by molar-refractivity contribution is 0.102. The highest BCUT2D eigenvalue weighted by molar-refractivity contribution is 6.37. The molecule has 2 rings (SSSR count). The summed E-state index contributed by atoms with van der Waals surface area (Å²) in [5.41, 5.74) is 0.367. The summed E-state index contributed by atoms with van der Waals surface area (Å²) in [6.07, 6.45) is 0. The summed E-state index contributed by atoms with van der Waals surface area (Å²) >= 11 is 11.3. The number of carbonyl (C=O) groups is 1. The molecule has 1 aromatic rings. The van der Waals surface area contributed by atoms with Gasteiger partial charge in [-0.05, 0) is 6.07 Å². The van der Waals surface area contributed by atoms with Gasteiger partial charge in [-0.2, -0.15) is 0 Å². The molecule has 0 bridgehead atoms. The number of Topliss-reactive ketones (excluding diaryl/α,β-unsaturated/α-hetero) is 1. The molecular formula is C9H6Cl2O3. The van der Waals surface area contributed by atoms with E-state index in [1.54, 1.807) is 12.1 Å². The van der Waals surface area contributed by atoms with Gasteiger partial charge in [-0.3, -0.25) is 4.79 Å². The van der Waals surface area contributed by atoms with Crippen LogP contribution in [0.2, 0.25) is 5.02 Å². The molecule has 0 atom stereocenters. The predicted molar refractivity (Wildman–Crippen MR) is 52.6 cm³/mol. The van der Waals surface area contributed by atoms with Crippen LogP contribution in [0, 0.1) is 0 Å². The molecule has 1 heterocycles. The van der Waals surface area contributed by atoms with Gasteiger partial charge in [-0.1, -0.05) is 11.6 Å². The van der Waals surface area contributed by atoms with Crippen LogP contribution in [-0.2, 0) is 0 Å². The molecule has 0 aromatic heterocycles. The number of carbonyl (C=O) groups excluding carboxylic acids is 1. The summed E-state index contributed by atoms with van der Waals surface area (Å²) in [5, 5.41) is 0.333. The quantitative estimate of drug-likeness (QED) is 0.581. The van der Waals surface area contributed by atoms with E-state index in [2.05, 4.69) is 0 Å². The van der Waals surface area contributed by atoms with E-state index in [-0.39, 0.29) is 18.5 Å². The molecule has 0 unspecified atom stereocenters. The zero-order valence-electron chi connectivity index (χ0n) is 7.05. The largest absolute Gasteiger partial charge is 0.454 e. The molecule has 74 valence electrons. The maximum Gasteiger partial charge on any atom is 0.231 e. The van der Waals surface area contributed by atoms with E-state index in [0.29, 0.717) is 22.1 Å². The van der Waals surface area contributed by atoms with Crippen LogP contribution in [0.15, 0.2) is 12.1 Å². The number of hydrogen-bond donors (Lipinski definition) is 0. The van der Waals surface area contributed by atoms with Gasteiger partial charge in [0.25, 0.3) is 0 Å². The molecule has 0 saturated carbocycles. The van der Waals surface area contributed by atoms with Crippen LogP contribution in [0.4, 0.5) is 0 Å². The minimum Gasteiger partial charge on any atom is -0.454 e. The first-order valence-corrected chi connectivity index (χ1v) is 4.82. The van der Waals surface area contributed by atoms with E-state index in [1.165, 1.54) is 0 Å². The zero-order chi connectivity index (χ0) is 10.1. The monoisotopic (exact) mass is 232 g/mol. The Morgan fingerprint density at radius 1 is 1.36 bits per heavy atom. The Hall–Kier alpha value is -0.930. The minimum absolute atomic E-state index is 0.0979. The summed E-state index contributed by atoms with van der Waals surface area (Å²) in [6, 6.07) is 3.11. The van der Waals surface area contributed by atoms with Crippen molar-refractivity contribution in [2.45, 2.75) is 0 Å². The van der Waals surface area contributed by atoms with Crippen LogP contribution in [0.25, 0.3) is 0 Å². The molecule has 0 N–H and O–H groups in total. The van der Waals surface area contributed by atoms with Gasteiger partial charge in [0.15, 0.2) is 17.3 Å². The lowest BCUT2D eigenvalue weighted by atomic mass is 10.1. The molecule has 1 aromatic carbocycles. The normalized spacial score (nSPS) is 13.0. The van der Waals surface area contributed by atoms with Crippen LogP contribution < -0.4 is 9.47 Å². The fraction of sp³-hybridized carbons (Fsp3) is 0.222.